The maximum atomic E-state index is 13.1. The first-order valence-electron chi connectivity index (χ1n) is 11.1. The molecule has 0 aliphatic rings. The second kappa shape index (κ2) is 10.7. The van der Waals surface area contributed by atoms with Gasteiger partial charge < -0.3 is 19.3 Å². The molecule has 0 saturated carbocycles. The lowest BCUT2D eigenvalue weighted by atomic mass is 10.1. The van der Waals surface area contributed by atoms with Gasteiger partial charge >= 0.3 is 12.1 Å². The number of aryl methyl sites for hydroxylation is 1. The van der Waals surface area contributed by atoms with Gasteiger partial charge in [0.1, 0.15) is 29.5 Å². The molecule has 0 amide bonds. The summed E-state index contributed by atoms with van der Waals surface area (Å²) >= 11 is 0. The molecule has 0 saturated heterocycles. The second-order valence-corrected chi connectivity index (χ2v) is 8.10. The highest BCUT2D eigenvalue weighted by Gasteiger charge is 2.30. The molecule has 0 unspecified atom stereocenters. The van der Waals surface area contributed by atoms with E-state index in [4.69, 9.17) is 19.3 Å². The van der Waals surface area contributed by atoms with Crippen molar-refractivity contribution < 1.29 is 37.3 Å². The summed E-state index contributed by atoms with van der Waals surface area (Å²) in [5.74, 6) is 0.538. The van der Waals surface area contributed by atoms with E-state index in [1.807, 2.05) is 0 Å². The fraction of sp³-hybridized carbons (Fsp3) is 0.185. The maximum absolute atomic E-state index is 13.1. The Morgan fingerprint density at radius 2 is 1.62 bits per heavy atom. The Kier molecular flexibility index (Phi) is 7.37. The average Bonchev–Trinajstić information content (AvgIpc) is 3.31. The first kappa shape index (κ1) is 25.6. The molecule has 37 heavy (non-hydrogen) atoms. The Bertz CT molecular complexity index is 1380. The smallest absolute Gasteiger partial charge is 0.416 e. The molecule has 0 spiro atoms. The van der Waals surface area contributed by atoms with Crippen LogP contribution >= 0.6 is 0 Å². The fourth-order valence-electron chi connectivity index (χ4n) is 3.63. The van der Waals surface area contributed by atoms with E-state index < -0.39 is 24.3 Å². The summed E-state index contributed by atoms with van der Waals surface area (Å²) in [6.07, 6.45) is -4.43. The molecule has 0 aliphatic carbocycles. The second-order valence-electron chi connectivity index (χ2n) is 8.10. The number of hydrogen-bond acceptors (Lipinski definition) is 5. The molecule has 0 aliphatic heterocycles. The van der Waals surface area contributed by atoms with E-state index in [-0.39, 0.29) is 6.61 Å². The highest BCUT2D eigenvalue weighted by atomic mass is 19.4. The minimum absolute atomic E-state index is 0.0888. The van der Waals surface area contributed by atoms with Gasteiger partial charge in [-0.15, -0.1) is 0 Å². The molecule has 4 aromatic rings. The van der Waals surface area contributed by atoms with E-state index in [1.165, 1.54) is 12.1 Å². The van der Waals surface area contributed by atoms with Crippen LogP contribution in [0.4, 0.5) is 13.2 Å². The number of aliphatic carboxylic acids is 1. The predicted octanol–water partition coefficient (Wildman–Crippen LogP) is 5.92. The predicted molar refractivity (Wildman–Crippen MR) is 129 cm³/mol. The molecule has 1 aromatic heterocycles. The van der Waals surface area contributed by atoms with Crippen LogP contribution in [-0.2, 0) is 17.6 Å². The number of ether oxygens (including phenoxy) is 3. The van der Waals surface area contributed by atoms with Gasteiger partial charge in [-0.3, -0.25) is 0 Å². The summed E-state index contributed by atoms with van der Waals surface area (Å²) in [5.41, 5.74) is 2.35. The molecule has 192 valence electrons. The fourth-order valence-corrected chi connectivity index (χ4v) is 3.63. The van der Waals surface area contributed by atoms with Gasteiger partial charge in [0, 0.05) is 5.56 Å². The van der Waals surface area contributed by atoms with Crippen LogP contribution in [0.3, 0.4) is 0 Å². The van der Waals surface area contributed by atoms with Gasteiger partial charge in [-0.1, -0.05) is 12.1 Å². The lowest BCUT2D eigenvalue weighted by molar-refractivity contribution is -0.139. The zero-order valence-corrected chi connectivity index (χ0v) is 20.0. The molecule has 0 radical (unpaired) electrons. The number of methoxy groups -OCH3 is 1. The highest BCUT2D eigenvalue weighted by molar-refractivity contribution is 5.68. The number of carboxylic acid groups (broad SMARTS) is 1. The molecule has 0 atom stereocenters. The molecule has 3 aromatic carbocycles. The Balaban J connectivity index is 1.60. The van der Waals surface area contributed by atoms with Crippen LogP contribution in [0, 0.1) is 6.92 Å². The lowest BCUT2D eigenvalue weighted by Gasteiger charge is -2.10. The van der Waals surface area contributed by atoms with Crippen molar-refractivity contribution in [2.75, 3.05) is 13.7 Å². The zero-order chi connectivity index (χ0) is 26.6. The number of benzene rings is 3. The van der Waals surface area contributed by atoms with Gasteiger partial charge in [-0.2, -0.15) is 18.3 Å². The van der Waals surface area contributed by atoms with Gasteiger partial charge in [-0.25, -0.2) is 9.48 Å². The van der Waals surface area contributed by atoms with Crippen molar-refractivity contribution in [3.05, 3.63) is 89.6 Å². The van der Waals surface area contributed by atoms with E-state index in [0.29, 0.717) is 45.5 Å². The Morgan fingerprint density at radius 1 is 0.946 bits per heavy atom. The number of halogens is 3. The van der Waals surface area contributed by atoms with Gasteiger partial charge in [0.15, 0.2) is 6.61 Å². The summed E-state index contributed by atoms with van der Waals surface area (Å²) < 4.78 is 57.1. The Hall–Kier alpha value is -4.47. The van der Waals surface area contributed by atoms with Crippen molar-refractivity contribution in [1.82, 2.24) is 9.78 Å². The van der Waals surface area contributed by atoms with Gasteiger partial charge in [-0.05, 0) is 73.2 Å². The summed E-state index contributed by atoms with van der Waals surface area (Å²) in [4.78, 5) is 10.7. The van der Waals surface area contributed by atoms with Crippen molar-refractivity contribution in [1.29, 1.82) is 0 Å². The molecule has 10 heteroatoms. The molecule has 0 fully saturated rings. The molecular weight excluding hydrogens is 489 g/mol. The number of rotatable bonds is 9. The summed E-state index contributed by atoms with van der Waals surface area (Å²) in [7, 11) is 1.55. The summed E-state index contributed by atoms with van der Waals surface area (Å²) in [5, 5.41) is 13.4. The monoisotopic (exact) mass is 512 g/mol. The normalized spacial score (nSPS) is 11.3. The van der Waals surface area contributed by atoms with Crippen LogP contribution in [0.1, 0.15) is 16.8 Å². The number of aromatic nitrogens is 2. The summed E-state index contributed by atoms with van der Waals surface area (Å²) in [6.45, 7) is 1.41. The molecule has 7 nitrogen and oxygen atoms in total. The van der Waals surface area contributed by atoms with E-state index in [0.717, 1.165) is 12.1 Å². The van der Waals surface area contributed by atoms with Gasteiger partial charge in [0.05, 0.1) is 24.1 Å². The number of nitrogens with zero attached hydrogens (tertiary/aromatic N) is 2. The van der Waals surface area contributed by atoms with Crippen LogP contribution < -0.4 is 14.2 Å². The molecule has 0 bridgehead atoms. The van der Waals surface area contributed by atoms with E-state index in [2.05, 4.69) is 5.10 Å². The van der Waals surface area contributed by atoms with Crippen LogP contribution in [0.5, 0.6) is 17.2 Å². The first-order chi connectivity index (χ1) is 17.6. The zero-order valence-electron chi connectivity index (χ0n) is 20.0. The molecule has 1 heterocycles. The third-order valence-electron chi connectivity index (χ3n) is 5.47. The van der Waals surface area contributed by atoms with Crippen LogP contribution in [-0.4, -0.2) is 34.6 Å². The van der Waals surface area contributed by atoms with Crippen molar-refractivity contribution in [2.45, 2.75) is 19.7 Å². The molecule has 4 rings (SSSR count). The minimum atomic E-state index is -4.43. The summed E-state index contributed by atoms with van der Waals surface area (Å²) in [6, 6.07) is 18.7. The Morgan fingerprint density at radius 3 is 2.22 bits per heavy atom. The standard InChI is InChI=1S/C27H23F3N2O5/c1-17-13-23(11-12-25(17)37-16-26(33)34)36-15-20-14-24(18-3-5-19(6-4-18)27(28,29)30)32(31-20)21-7-9-22(35-2)10-8-21/h3-14H,15-16H2,1-2H3,(H,33,34). The maximum Gasteiger partial charge on any atom is 0.416 e. The SMILES string of the molecule is COc1ccc(-n2nc(COc3ccc(OCC(=O)O)c(C)c3)cc2-c2ccc(C(F)(F)F)cc2)cc1. The van der Waals surface area contributed by atoms with Crippen molar-refractivity contribution >= 4 is 5.97 Å². The van der Waals surface area contributed by atoms with E-state index in [9.17, 15) is 18.0 Å². The van der Waals surface area contributed by atoms with Gasteiger partial charge in [0.25, 0.3) is 0 Å². The van der Waals surface area contributed by atoms with E-state index >= 15 is 0 Å². The topological polar surface area (TPSA) is 82.8 Å². The van der Waals surface area contributed by atoms with Crippen molar-refractivity contribution in [2.24, 2.45) is 0 Å². The number of alkyl halides is 3. The number of carboxylic acids is 1. The molecule has 1 N–H and O–H groups in total. The highest BCUT2D eigenvalue weighted by Crippen LogP contribution is 2.32. The lowest BCUT2D eigenvalue weighted by Crippen LogP contribution is -2.10. The van der Waals surface area contributed by atoms with Crippen LogP contribution in [0.25, 0.3) is 16.9 Å². The third kappa shape index (κ3) is 6.21. The van der Waals surface area contributed by atoms with Crippen LogP contribution in [0.15, 0.2) is 72.8 Å². The minimum Gasteiger partial charge on any atom is -0.497 e. The molecular formula is C27H23F3N2O5. The van der Waals surface area contributed by atoms with Crippen LogP contribution in [0.2, 0.25) is 0 Å². The average molecular weight is 512 g/mol. The van der Waals surface area contributed by atoms with E-state index in [1.54, 1.807) is 67.2 Å². The number of hydrogen-bond donors (Lipinski definition) is 1. The van der Waals surface area contributed by atoms with Gasteiger partial charge in [0.2, 0.25) is 0 Å². The quantitative estimate of drug-likeness (QED) is 0.300. The van der Waals surface area contributed by atoms with Crippen molar-refractivity contribution in [3.63, 3.8) is 0 Å². The number of carbonyl (C=O) groups is 1. The first-order valence-corrected chi connectivity index (χ1v) is 11.1. The third-order valence-corrected chi connectivity index (χ3v) is 5.47. The van der Waals surface area contributed by atoms with Crippen molar-refractivity contribution in [3.8, 4) is 34.2 Å². The largest absolute Gasteiger partial charge is 0.497 e. The Labute approximate surface area is 210 Å².